The van der Waals surface area contributed by atoms with Gasteiger partial charge in [0.2, 0.25) is 0 Å². The molecule has 0 spiro atoms. The fourth-order valence-corrected chi connectivity index (χ4v) is 2.57. The number of amides is 1. The molecule has 3 heterocycles. The largest absolute Gasteiger partial charge is 0.394 e. The highest BCUT2D eigenvalue weighted by Crippen LogP contribution is 2.23. The third-order valence-corrected chi connectivity index (χ3v) is 3.61. The van der Waals surface area contributed by atoms with Gasteiger partial charge in [-0.1, -0.05) is 5.16 Å². The Hall–Kier alpha value is -1.99. The van der Waals surface area contributed by atoms with E-state index in [2.05, 4.69) is 10.1 Å². The van der Waals surface area contributed by atoms with Gasteiger partial charge in [0.25, 0.3) is 11.6 Å². The number of ether oxygens (including phenoxy) is 1. The Morgan fingerprint density at radius 3 is 3.10 bits per heavy atom. The Bertz CT molecular complexity index is 682. The maximum atomic E-state index is 12.8. The number of aromatic nitrogens is 2. The molecule has 1 unspecified atom stereocenters. The summed E-state index contributed by atoms with van der Waals surface area (Å²) in [5.41, 5.74) is 2.26. The first kappa shape index (κ1) is 14.0. The molecule has 1 aliphatic heterocycles. The van der Waals surface area contributed by atoms with Gasteiger partial charge in [0.1, 0.15) is 0 Å². The summed E-state index contributed by atoms with van der Waals surface area (Å²) in [4.78, 5) is 18.7. The highest BCUT2D eigenvalue weighted by Gasteiger charge is 2.27. The Morgan fingerprint density at radius 1 is 1.52 bits per heavy atom. The summed E-state index contributed by atoms with van der Waals surface area (Å²) in [6, 6.07) is 1.75. The van der Waals surface area contributed by atoms with Gasteiger partial charge in [0.15, 0.2) is 0 Å². The number of pyridine rings is 1. The van der Waals surface area contributed by atoms with E-state index in [0.29, 0.717) is 47.7 Å². The van der Waals surface area contributed by atoms with Gasteiger partial charge in [0.05, 0.1) is 36.0 Å². The van der Waals surface area contributed by atoms with E-state index in [1.54, 1.807) is 17.9 Å². The Morgan fingerprint density at radius 2 is 2.33 bits per heavy atom. The Balaban J connectivity index is 1.99. The second-order valence-electron chi connectivity index (χ2n) is 5.19. The highest BCUT2D eigenvalue weighted by molar-refractivity contribution is 6.06. The number of carbonyl (C=O) groups is 1. The fraction of sp³-hybridized carbons (Fsp3) is 0.500. The van der Waals surface area contributed by atoms with Gasteiger partial charge in [-0.2, -0.15) is 0 Å². The highest BCUT2D eigenvalue weighted by atomic mass is 16.5. The number of morpholine rings is 1. The molecule has 1 atom stereocenters. The lowest BCUT2D eigenvalue weighted by atomic mass is 10.1. The van der Waals surface area contributed by atoms with Crippen LogP contribution in [0.4, 0.5) is 0 Å². The molecule has 1 fully saturated rings. The predicted molar refractivity (Wildman–Crippen MR) is 74.0 cm³/mol. The van der Waals surface area contributed by atoms with Gasteiger partial charge < -0.3 is 19.3 Å². The molecule has 2 aromatic heterocycles. The zero-order chi connectivity index (χ0) is 15.0. The molecule has 112 valence electrons. The molecular formula is C14H17N3O4. The van der Waals surface area contributed by atoms with Crippen LogP contribution in [0.1, 0.15) is 21.7 Å². The van der Waals surface area contributed by atoms with Crippen LogP contribution in [-0.4, -0.2) is 58.5 Å². The minimum absolute atomic E-state index is 0.0964. The lowest BCUT2D eigenvalue weighted by molar-refractivity contribution is -0.0446. The van der Waals surface area contributed by atoms with Crippen LogP contribution in [0, 0.1) is 13.8 Å². The topological polar surface area (TPSA) is 88.7 Å². The van der Waals surface area contributed by atoms with Gasteiger partial charge >= 0.3 is 0 Å². The maximum Gasteiger partial charge on any atom is 0.258 e. The molecule has 1 amide bonds. The first-order valence-electron chi connectivity index (χ1n) is 6.85. The standard InChI is InChI=1S/C14H17N3O4/c1-8-5-11(12-9(2)16-21-13(12)15-8)14(19)17-3-4-20-10(6-17)7-18/h5,10,18H,3-4,6-7H2,1-2H3. The number of hydrogen-bond donors (Lipinski definition) is 1. The molecule has 0 bridgehead atoms. The number of fused-ring (bicyclic) bond motifs is 1. The normalized spacial score (nSPS) is 19.2. The first-order valence-corrected chi connectivity index (χ1v) is 6.85. The molecule has 21 heavy (non-hydrogen) atoms. The van der Waals surface area contributed by atoms with Crippen LogP contribution in [-0.2, 0) is 4.74 Å². The SMILES string of the molecule is Cc1cc(C(=O)N2CCOC(CO)C2)c2c(C)noc2n1. The van der Waals surface area contributed by atoms with E-state index >= 15 is 0 Å². The van der Waals surface area contributed by atoms with E-state index < -0.39 is 0 Å². The molecule has 1 aliphatic rings. The van der Waals surface area contributed by atoms with Crippen molar-refractivity contribution in [3.63, 3.8) is 0 Å². The van der Waals surface area contributed by atoms with Gasteiger partial charge in [-0.3, -0.25) is 4.79 Å². The summed E-state index contributed by atoms with van der Waals surface area (Å²) in [7, 11) is 0. The second kappa shape index (κ2) is 5.42. The number of carbonyl (C=O) groups excluding carboxylic acids is 1. The number of aryl methyl sites for hydroxylation is 2. The fourth-order valence-electron chi connectivity index (χ4n) is 2.57. The minimum atomic E-state index is -0.329. The summed E-state index contributed by atoms with van der Waals surface area (Å²) >= 11 is 0. The smallest absolute Gasteiger partial charge is 0.258 e. The molecule has 0 saturated carbocycles. The predicted octanol–water partition coefficient (Wildman–Crippen LogP) is 0.673. The number of aliphatic hydroxyl groups is 1. The van der Waals surface area contributed by atoms with E-state index in [1.165, 1.54) is 0 Å². The van der Waals surface area contributed by atoms with Crippen molar-refractivity contribution in [3.05, 3.63) is 23.0 Å². The molecular weight excluding hydrogens is 274 g/mol. The van der Waals surface area contributed by atoms with E-state index in [4.69, 9.17) is 9.26 Å². The van der Waals surface area contributed by atoms with Crippen LogP contribution in [0.5, 0.6) is 0 Å². The van der Waals surface area contributed by atoms with Crippen LogP contribution in [0.2, 0.25) is 0 Å². The van der Waals surface area contributed by atoms with Crippen molar-refractivity contribution in [1.82, 2.24) is 15.0 Å². The third-order valence-electron chi connectivity index (χ3n) is 3.61. The summed E-state index contributed by atoms with van der Waals surface area (Å²) in [6.07, 6.45) is -0.329. The lowest BCUT2D eigenvalue weighted by Gasteiger charge is -2.32. The van der Waals surface area contributed by atoms with Gasteiger partial charge in [-0.05, 0) is 19.9 Å². The van der Waals surface area contributed by atoms with Gasteiger partial charge in [0, 0.05) is 18.8 Å². The Kier molecular flexibility index (Phi) is 3.60. The second-order valence-corrected chi connectivity index (χ2v) is 5.19. The number of rotatable bonds is 2. The first-order chi connectivity index (χ1) is 10.1. The molecule has 0 aromatic carbocycles. The van der Waals surface area contributed by atoms with E-state index in [0.717, 1.165) is 0 Å². The van der Waals surface area contributed by atoms with Crippen LogP contribution in [0.3, 0.4) is 0 Å². The van der Waals surface area contributed by atoms with E-state index in [-0.39, 0.29) is 18.6 Å². The summed E-state index contributed by atoms with van der Waals surface area (Å²) in [5.74, 6) is -0.112. The maximum absolute atomic E-state index is 12.8. The monoisotopic (exact) mass is 291 g/mol. The number of aliphatic hydroxyl groups excluding tert-OH is 1. The van der Waals surface area contributed by atoms with Crippen LogP contribution in [0.25, 0.3) is 11.1 Å². The van der Waals surface area contributed by atoms with E-state index in [9.17, 15) is 9.90 Å². The van der Waals surface area contributed by atoms with Gasteiger partial charge in [-0.15, -0.1) is 0 Å². The van der Waals surface area contributed by atoms with Gasteiger partial charge in [-0.25, -0.2) is 4.98 Å². The van der Waals surface area contributed by atoms with Crippen LogP contribution in [0.15, 0.2) is 10.6 Å². The average molecular weight is 291 g/mol. The zero-order valence-electron chi connectivity index (χ0n) is 12.0. The van der Waals surface area contributed by atoms with Crippen LogP contribution >= 0.6 is 0 Å². The third kappa shape index (κ3) is 2.50. The molecule has 7 nitrogen and oxygen atoms in total. The summed E-state index contributed by atoms with van der Waals surface area (Å²) < 4.78 is 10.5. The van der Waals surface area contributed by atoms with Crippen molar-refractivity contribution < 1.29 is 19.2 Å². The number of hydrogen-bond acceptors (Lipinski definition) is 6. The molecule has 0 radical (unpaired) electrons. The van der Waals surface area contributed by atoms with E-state index in [1.807, 2.05) is 6.92 Å². The number of nitrogens with zero attached hydrogens (tertiary/aromatic N) is 3. The lowest BCUT2D eigenvalue weighted by Crippen LogP contribution is -2.47. The van der Waals surface area contributed by atoms with Crippen molar-refractivity contribution >= 4 is 17.0 Å². The Labute approximate surface area is 121 Å². The van der Waals surface area contributed by atoms with Crippen molar-refractivity contribution in [2.45, 2.75) is 20.0 Å². The molecule has 3 rings (SSSR count). The van der Waals surface area contributed by atoms with Crippen molar-refractivity contribution in [2.75, 3.05) is 26.3 Å². The molecule has 1 saturated heterocycles. The molecule has 7 heteroatoms. The molecule has 2 aromatic rings. The zero-order valence-corrected chi connectivity index (χ0v) is 12.0. The summed E-state index contributed by atoms with van der Waals surface area (Å²) in [5, 5.41) is 13.7. The molecule has 0 aliphatic carbocycles. The summed E-state index contributed by atoms with van der Waals surface area (Å²) in [6.45, 7) is 4.80. The average Bonchev–Trinajstić information content (AvgIpc) is 2.87. The quantitative estimate of drug-likeness (QED) is 0.875. The van der Waals surface area contributed by atoms with Crippen molar-refractivity contribution in [2.24, 2.45) is 0 Å². The van der Waals surface area contributed by atoms with Crippen molar-refractivity contribution in [1.29, 1.82) is 0 Å². The van der Waals surface area contributed by atoms with Crippen LogP contribution < -0.4 is 0 Å². The van der Waals surface area contributed by atoms with Crippen molar-refractivity contribution in [3.8, 4) is 0 Å². The molecule has 1 N–H and O–H groups in total. The minimum Gasteiger partial charge on any atom is -0.394 e.